The predicted molar refractivity (Wildman–Crippen MR) is 102 cm³/mol. The Bertz CT molecular complexity index is 276. The highest BCUT2D eigenvalue weighted by Crippen LogP contribution is 2.10. The van der Waals surface area contributed by atoms with Crippen molar-refractivity contribution >= 4 is 11.8 Å². The fourth-order valence-electron chi connectivity index (χ4n) is 2.75. The maximum atomic E-state index is 11.3. The van der Waals surface area contributed by atoms with Gasteiger partial charge < -0.3 is 10.6 Å². The second kappa shape index (κ2) is 18.3. The number of hydrogen-bond acceptors (Lipinski definition) is 2. The van der Waals surface area contributed by atoms with Crippen molar-refractivity contribution in [1.82, 2.24) is 10.6 Å². The lowest BCUT2D eigenvalue weighted by Crippen LogP contribution is -2.23. The quantitative estimate of drug-likeness (QED) is 0.376. The number of hydrogen-bond donors (Lipinski definition) is 2. The lowest BCUT2D eigenvalue weighted by atomic mass is 10.1. The van der Waals surface area contributed by atoms with E-state index in [4.69, 9.17) is 0 Å². The summed E-state index contributed by atoms with van der Waals surface area (Å²) < 4.78 is 0. The molecule has 0 spiro atoms. The van der Waals surface area contributed by atoms with Gasteiger partial charge in [0.05, 0.1) is 0 Å². The van der Waals surface area contributed by atoms with Crippen LogP contribution in [-0.4, -0.2) is 24.9 Å². The number of amides is 2. The van der Waals surface area contributed by atoms with E-state index in [0.29, 0.717) is 12.8 Å². The summed E-state index contributed by atoms with van der Waals surface area (Å²) in [5.74, 6) is 0.393. The molecule has 142 valence electrons. The van der Waals surface area contributed by atoms with Crippen molar-refractivity contribution < 1.29 is 9.59 Å². The van der Waals surface area contributed by atoms with Crippen LogP contribution < -0.4 is 10.6 Å². The maximum Gasteiger partial charge on any atom is 0.219 e. The Balaban J connectivity index is 3.10. The van der Waals surface area contributed by atoms with Crippen LogP contribution in [-0.2, 0) is 9.59 Å². The number of carbonyl (C=O) groups excluding carboxylic acids is 2. The monoisotopic (exact) mass is 340 g/mol. The second-order valence-electron chi connectivity index (χ2n) is 6.74. The fraction of sp³-hybridized carbons (Fsp3) is 0.900. The Labute approximate surface area is 149 Å². The molecule has 0 aromatic carbocycles. The van der Waals surface area contributed by atoms with Crippen molar-refractivity contribution in [3.05, 3.63) is 0 Å². The first-order valence-corrected chi connectivity index (χ1v) is 10.2. The van der Waals surface area contributed by atoms with Crippen LogP contribution in [0.2, 0.25) is 0 Å². The Morgan fingerprint density at radius 3 is 1.12 bits per heavy atom. The van der Waals surface area contributed by atoms with Crippen molar-refractivity contribution in [3.8, 4) is 0 Å². The molecule has 0 aliphatic heterocycles. The first kappa shape index (κ1) is 22.9. The van der Waals surface area contributed by atoms with E-state index in [1.54, 1.807) is 0 Å². The number of rotatable bonds is 17. The van der Waals surface area contributed by atoms with Crippen molar-refractivity contribution in [1.29, 1.82) is 0 Å². The summed E-state index contributed by atoms with van der Waals surface area (Å²) in [6.07, 6.45) is 15.7. The normalized spacial score (nSPS) is 10.6. The van der Waals surface area contributed by atoms with Crippen molar-refractivity contribution in [2.45, 2.75) is 104 Å². The first-order valence-electron chi connectivity index (χ1n) is 10.2. The lowest BCUT2D eigenvalue weighted by Gasteiger charge is -2.05. The molecule has 4 heteroatoms. The fourth-order valence-corrected chi connectivity index (χ4v) is 2.75. The molecule has 0 aromatic heterocycles. The molecule has 24 heavy (non-hydrogen) atoms. The Morgan fingerprint density at radius 2 is 0.833 bits per heavy atom. The smallest absolute Gasteiger partial charge is 0.219 e. The molecule has 0 aromatic rings. The SMILES string of the molecule is CCCC(=O)NCCCCCCCCCCCCNC(=O)CCC. The molecule has 0 atom stereocenters. The summed E-state index contributed by atoms with van der Waals surface area (Å²) in [5.41, 5.74) is 0. The van der Waals surface area contributed by atoms with Gasteiger partial charge in [0.15, 0.2) is 0 Å². The lowest BCUT2D eigenvalue weighted by molar-refractivity contribution is -0.121. The van der Waals surface area contributed by atoms with Crippen LogP contribution in [0.1, 0.15) is 104 Å². The summed E-state index contributed by atoms with van der Waals surface area (Å²) in [6, 6.07) is 0. The summed E-state index contributed by atoms with van der Waals surface area (Å²) in [5, 5.41) is 5.94. The summed E-state index contributed by atoms with van der Waals surface area (Å²) >= 11 is 0. The van der Waals surface area contributed by atoms with Gasteiger partial charge in [0.1, 0.15) is 0 Å². The largest absolute Gasteiger partial charge is 0.356 e. The highest BCUT2D eigenvalue weighted by atomic mass is 16.2. The second-order valence-corrected chi connectivity index (χ2v) is 6.74. The summed E-state index contributed by atoms with van der Waals surface area (Å²) in [4.78, 5) is 22.6. The van der Waals surface area contributed by atoms with Crippen LogP contribution in [0.15, 0.2) is 0 Å². The highest BCUT2D eigenvalue weighted by molar-refractivity contribution is 5.76. The zero-order valence-electron chi connectivity index (χ0n) is 16.1. The topological polar surface area (TPSA) is 58.2 Å². The number of nitrogens with one attached hydrogen (secondary N) is 2. The number of carbonyl (C=O) groups is 2. The van der Waals surface area contributed by atoms with Gasteiger partial charge in [-0.05, 0) is 25.7 Å². The zero-order chi connectivity index (χ0) is 17.9. The number of unbranched alkanes of at least 4 members (excludes halogenated alkanes) is 9. The van der Waals surface area contributed by atoms with E-state index in [-0.39, 0.29) is 11.8 Å². The molecular weight excluding hydrogens is 300 g/mol. The van der Waals surface area contributed by atoms with Gasteiger partial charge in [-0.1, -0.05) is 65.2 Å². The summed E-state index contributed by atoms with van der Waals surface area (Å²) in [7, 11) is 0. The van der Waals surface area contributed by atoms with Gasteiger partial charge >= 0.3 is 0 Å². The molecule has 0 heterocycles. The summed E-state index contributed by atoms with van der Waals surface area (Å²) in [6.45, 7) is 5.75. The van der Waals surface area contributed by atoms with E-state index in [9.17, 15) is 9.59 Å². The molecule has 0 saturated carbocycles. The molecule has 0 saturated heterocycles. The Hall–Kier alpha value is -1.06. The van der Waals surface area contributed by atoms with Crippen LogP contribution >= 0.6 is 0 Å². The Morgan fingerprint density at radius 1 is 0.542 bits per heavy atom. The van der Waals surface area contributed by atoms with Gasteiger partial charge in [-0.15, -0.1) is 0 Å². The predicted octanol–water partition coefficient (Wildman–Crippen LogP) is 4.72. The molecule has 0 radical (unpaired) electrons. The van der Waals surface area contributed by atoms with E-state index in [1.165, 1.54) is 51.4 Å². The highest BCUT2D eigenvalue weighted by Gasteiger charge is 1.99. The minimum absolute atomic E-state index is 0.197. The zero-order valence-corrected chi connectivity index (χ0v) is 16.1. The average Bonchev–Trinajstić information content (AvgIpc) is 2.55. The van der Waals surface area contributed by atoms with Crippen LogP contribution in [0.4, 0.5) is 0 Å². The van der Waals surface area contributed by atoms with Gasteiger partial charge in [-0.2, -0.15) is 0 Å². The van der Waals surface area contributed by atoms with Gasteiger partial charge in [-0.25, -0.2) is 0 Å². The van der Waals surface area contributed by atoms with Crippen molar-refractivity contribution in [2.75, 3.05) is 13.1 Å². The van der Waals surface area contributed by atoms with E-state index in [2.05, 4.69) is 10.6 Å². The van der Waals surface area contributed by atoms with Gasteiger partial charge in [0.2, 0.25) is 11.8 Å². The van der Waals surface area contributed by atoms with E-state index in [0.717, 1.165) is 38.8 Å². The van der Waals surface area contributed by atoms with Gasteiger partial charge in [0.25, 0.3) is 0 Å². The maximum absolute atomic E-state index is 11.3. The third-order valence-electron chi connectivity index (χ3n) is 4.20. The minimum atomic E-state index is 0.197. The average molecular weight is 341 g/mol. The van der Waals surface area contributed by atoms with Crippen LogP contribution in [0.25, 0.3) is 0 Å². The molecule has 4 nitrogen and oxygen atoms in total. The van der Waals surface area contributed by atoms with Gasteiger partial charge in [0, 0.05) is 25.9 Å². The van der Waals surface area contributed by atoms with Crippen LogP contribution in [0.5, 0.6) is 0 Å². The van der Waals surface area contributed by atoms with E-state index in [1.807, 2.05) is 13.8 Å². The van der Waals surface area contributed by atoms with Crippen LogP contribution in [0, 0.1) is 0 Å². The molecule has 0 bridgehead atoms. The third kappa shape index (κ3) is 17.3. The van der Waals surface area contributed by atoms with Crippen LogP contribution in [0.3, 0.4) is 0 Å². The van der Waals surface area contributed by atoms with E-state index < -0.39 is 0 Å². The van der Waals surface area contributed by atoms with Crippen molar-refractivity contribution in [2.24, 2.45) is 0 Å². The van der Waals surface area contributed by atoms with E-state index >= 15 is 0 Å². The third-order valence-corrected chi connectivity index (χ3v) is 4.20. The molecule has 0 fully saturated rings. The van der Waals surface area contributed by atoms with Gasteiger partial charge in [-0.3, -0.25) is 9.59 Å². The standard InChI is InChI=1S/C20H40N2O2/c1-3-15-19(23)21-17-13-11-9-7-5-6-8-10-12-14-18-22-20(24)16-4-2/h3-18H2,1-2H3,(H,21,23)(H,22,24). The molecule has 0 aliphatic rings. The van der Waals surface area contributed by atoms with Crippen molar-refractivity contribution in [3.63, 3.8) is 0 Å². The first-order chi connectivity index (χ1) is 11.7. The molecule has 0 rings (SSSR count). The molecule has 2 N–H and O–H groups in total. The molecule has 0 aliphatic carbocycles. The molecule has 0 unspecified atom stereocenters. The molecule has 2 amide bonds. The minimum Gasteiger partial charge on any atom is -0.356 e. The molecular formula is C20H40N2O2. The Kier molecular flexibility index (Phi) is 17.5.